The summed E-state index contributed by atoms with van der Waals surface area (Å²) < 4.78 is 0. The van der Waals surface area contributed by atoms with E-state index in [1.807, 2.05) is 15.9 Å². The van der Waals surface area contributed by atoms with Gasteiger partial charge in [0.2, 0.25) is 5.91 Å². The van der Waals surface area contributed by atoms with Gasteiger partial charge in [0.15, 0.2) is 6.19 Å². The lowest BCUT2D eigenvalue weighted by Gasteiger charge is -2.40. The maximum absolute atomic E-state index is 13.1. The first kappa shape index (κ1) is 15.5. The van der Waals surface area contributed by atoms with Crippen LogP contribution in [0.1, 0.15) is 30.4 Å². The number of nitriles is 1. The molecule has 1 amide bonds. The fourth-order valence-corrected chi connectivity index (χ4v) is 4.85. The number of hydrogen-bond donors (Lipinski definition) is 1. The Morgan fingerprint density at radius 3 is 2.88 bits per heavy atom. The first-order valence-electron chi connectivity index (χ1n) is 9.52. The molecule has 3 aliphatic rings. The highest BCUT2D eigenvalue weighted by atomic mass is 16.2. The summed E-state index contributed by atoms with van der Waals surface area (Å²) in [4.78, 5) is 20.2. The van der Waals surface area contributed by atoms with E-state index >= 15 is 0 Å². The fraction of sp³-hybridized carbons (Fsp3) is 0.429. The zero-order valence-electron chi connectivity index (χ0n) is 14.7. The van der Waals surface area contributed by atoms with Gasteiger partial charge in [-0.15, -0.1) is 0 Å². The molecule has 0 unspecified atom stereocenters. The number of carbonyl (C=O) groups excluding carboxylic acids is 1. The van der Waals surface area contributed by atoms with E-state index in [0.29, 0.717) is 6.54 Å². The van der Waals surface area contributed by atoms with E-state index < -0.39 is 0 Å². The van der Waals surface area contributed by atoms with Gasteiger partial charge in [-0.05, 0) is 48.4 Å². The highest BCUT2D eigenvalue weighted by molar-refractivity contribution is 5.99. The molecule has 2 aromatic rings. The molecule has 0 radical (unpaired) electrons. The fourth-order valence-electron chi connectivity index (χ4n) is 4.85. The first-order chi connectivity index (χ1) is 12.8. The highest BCUT2D eigenvalue weighted by Crippen LogP contribution is 2.41. The van der Waals surface area contributed by atoms with Crippen LogP contribution < -0.4 is 0 Å². The van der Waals surface area contributed by atoms with Crippen molar-refractivity contribution in [2.45, 2.75) is 31.7 Å². The van der Waals surface area contributed by atoms with Crippen LogP contribution in [0, 0.1) is 17.4 Å². The summed E-state index contributed by atoms with van der Waals surface area (Å²) in [7, 11) is 0. The Labute approximate surface area is 152 Å². The van der Waals surface area contributed by atoms with Gasteiger partial charge in [0.25, 0.3) is 0 Å². The van der Waals surface area contributed by atoms with Gasteiger partial charge >= 0.3 is 0 Å². The lowest BCUT2D eigenvalue weighted by atomic mass is 9.79. The predicted octanol–water partition coefficient (Wildman–Crippen LogP) is 2.90. The number of carbonyl (C=O) groups is 1. The number of benzene rings is 1. The number of rotatable bonds is 1. The number of aromatic nitrogens is 1. The summed E-state index contributed by atoms with van der Waals surface area (Å²) in [5, 5.41) is 11.0. The van der Waals surface area contributed by atoms with Gasteiger partial charge in [-0.25, -0.2) is 0 Å². The Balaban J connectivity index is 1.58. The number of nitrogens with zero attached hydrogens (tertiary/aromatic N) is 3. The number of nitrogens with one attached hydrogen (secondary N) is 1. The Morgan fingerprint density at radius 1 is 1.23 bits per heavy atom. The Kier molecular flexibility index (Phi) is 3.53. The topological polar surface area (TPSA) is 63.1 Å². The van der Waals surface area contributed by atoms with Crippen molar-refractivity contribution in [3.8, 4) is 6.19 Å². The second kappa shape index (κ2) is 5.91. The number of amides is 1. The molecule has 0 bridgehead atoms. The number of likely N-dealkylation sites (tertiary alicyclic amines) is 1. The SMILES string of the molecule is N#CN1C[C@@H](C(=O)N2CCCCC2)C=C2c3cccc4[nH]cc(c34)C[C@@H]21. The largest absolute Gasteiger partial charge is 0.361 e. The summed E-state index contributed by atoms with van der Waals surface area (Å²) in [5.74, 6) is -0.0438. The third kappa shape index (κ3) is 2.25. The van der Waals surface area contributed by atoms with Crippen LogP contribution >= 0.6 is 0 Å². The molecule has 26 heavy (non-hydrogen) atoms. The van der Waals surface area contributed by atoms with E-state index in [0.717, 1.165) is 43.4 Å². The van der Waals surface area contributed by atoms with Gasteiger partial charge in [0.05, 0.1) is 12.0 Å². The maximum atomic E-state index is 13.1. The smallest absolute Gasteiger partial charge is 0.231 e. The summed E-state index contributed by atoms with van der Waals surface area (Å²) in [6.45, 7) is 2.20. The summed E-state index contributed by atoms with van der Waals surface area (Å²) >= 11 is 0. The number of hydrogen-bond acceptors (Lipinski definition) is 3. The van der Waals surface area contributed by atoms with E-state index in [2.05, 4.69) is 35.6 Å². The van der Waals surface area contributed by atoms with Gasteiger partial charge in [0.1, 0.15) is 0 Å². The van der Waals surface area contributed by atoms with Gasteiger partial charge < -0.3 is 14.8 Å². The molecule has 5 rings (SSSR count). The third-order valence-electron chi connectivity index (χ3n) is 6.13. The molecule has 0 spiro atoms. The van der Waals surface area contributed by atoms with Gasteiger partial charge in [0, 0.05) is 36.7 Å². The van der Waals surface area contributed by atoms with Crippen LogP contribution in [0.25, 0.3) is 16.5 Å². The standard InChI is InChI=1S/C21H22N4O/c22-13-25-12-15(21(26)24-7-2-1-3-8-24)9-17-16-5-4-6-18-20(16)14(11-23-18)10-19(17)25/h4-6,9,11,15,19,23H,1-3,7-8,10,12H2/t15-,19-/m0/s1. The van der Waals surface area contributed by atoms with Crippen molar-refractivity contribution in [2.24, 2.45) is 5.92 Å². The number of fused-ring (bicyclic) bond motifs is 2. The van der Waals surface area contributed by atoms with E-state index in [9.17, 15) is 10.1 Å². The van der Waals surface area contributed by atoms with Gasteiger partial charge in [-0.1, -0.05) is 18.2 Å². The molecule has 5 nitrogen and oxygen atoms in total. The van der Waals surface area contributed by atoms with Crippen molar-refractivity contribution in [2.75, 3.05) is 19.6 Å². The van der Waals surface area contributed by atoms with Crippen molar-refractivity contribution in [3.05, 3.63) is 41.6 Å². The molecular formula is C21H22N4O. The molecular weight excluding hydrogens is 324 g/mol. The minimum absolute atomic E-state index is 0.0410. The summed E-state index contributed by atoms with van der Waals surface area (Å²) in [6.07, 6.45) is 10.8. The molecule has 132 valence electrons. The van der Waals surface area contributed by atoms with E-state index in [1.165, 1.54) is 22.9 Å². The van der Waals surface area contributed by atoms with Crippen LogP contribution in [-0.4, -0.2) is 46.4 Å². The molecule has 3 heterocycles. The minimum atomic E-state index is -0.227. The first-order valence-corrected chi connectivity index (χ1v) is 9.52. The third-order valence-corrected chi connectivity index (χ3v) is 6.13. The normalized spacial score (nSPS) is 24.8. The number of aromatic amines is 1. The monoisotopic (exact) mass is 346 g/mol. The maximum Gasteiger partial charge on any atom is 0.231 e. The van der Waals surface area contributed by atoms with Crippen LogP contribution in [0.5, 0.6) is 0 Å². The molecule has 1 saturated heterocycles. The minimum Gasteiger partial charge on any atom is -0.361 e. The zero-order chi connectivity index (χ0) is 17.7. The Hall–Kier alpha value is -2.74. The second-order valence-corrected chi connectivity index (χ2v) is 7.63. The Bertz CT molecular complexity index is 945. The van der Waals surface area contributed by atoms with E-state index in [1.54, 1.807) is 0 Å². The average Bonchev–Trinajstić information content (AvgIpc) is 3.12. The molecule has 1 N–H and O–H groups in total. The lowest BCUT2D eigenvalue weighted by Crippen LogP contribution is -2.48. The molecule has 2 atom stereocenters. The molecule has 0 saturated carbocycles. The van der Waals surface area contributed by atoms with Crippen molar-refractivity contribution >= 4 is 22.4 Å². The quantitative estimate of drug-likeness (QED) is 0.808. The predicted molar refractivity (Wildman–Crippen MR) is 100 cm³/mol. The van der Waals surface area contributed by atoms with Crippen molar-refractivity contribution in [3.63, 3.8) is 0 Å². The number of H-pyrrole nitrogens is 1. The molecule has 1 fully saturated rings. The van der Waals surface area contributed by atoms with Crippen LogP contribution in [0.3, 0.4) is 0 Å². The lowest BCUT2D eigenvalue weighted by molar-refractivity contribution is -0.135. The molecule has 2 aliphatic heterocycles. The summed E-state index contributed by atoms with van der Waals surface area (Å²) in [6, 6.07) is 6.30. The molecule has 1 aromatic heterocycles. The zero-order valence-corrected chi connectivity index (χ0v) is 14.7. The van der Waals surface area contributed by atoms with Crippen LogP contribution in [0.4, 0.5) is 0 Å². The number of piperidine rings is 1. The van der Waals surface area contributed by atoms with Gasteiger partial charge in [-0.2, -0.15) is 5.26 Å². The van der Waals surface area contributed by atoms with Crippen molar-refractivity contribution < 1.29 is 4.79 Å². The van der Waals surface area contributed by atoms with Crippen LogP contribution in [0.15, 0.2) is 30.5 Å². The van der Waals surface area contributed by atoms with Crippen molar-refractivity contribution in [1.82, 2.24) is 14.8 Å². The van der Waals surface area contributed by atoms with Gasteiger partial charge in [-0.3, -0.25) is 4.79 Å². The van der Waals surface area contributed by atoms with Crippen LogP contribution in [0.2, 0.25) is 0 Å². The van der Waals surface area contributed by atoms with E-state index in [4.69, 9.17) is 0 Å². The molecule has 1 aromatic carbocycles. The average molecular weight is 346 g/mol. The van der Waals surface area contributed by atoms with E-state index in [-0.39, 0.29) is 17.9 Å². The Morgan fingerprint density at radius 2 is 2.08 bits per heavy atom. The van der Waals surface area contributed by atoms with Crippen molar-refractivity contribution in [1.29, 1.82) is 5.26 Å². The summed E-state index contributed by atoms with van der Waals surface area (Å²) in [5.41, 5.74) is 4.71. The molecule has 1 aliphatic carbocycles. The highest BCUT2D eigenvalue weighted by Gasteiger charge is 2.38. The van der Waals surface area contributed by atoms with Crippen LogP contribution in [-0.2, 0) is 11.2 Å². The molecule has 5 heteroatoms. The second-order valence-electron chi connectivity index (χ2n) is 7.63.